The maximum atomic E-state index is 11.5. The van der Waals surface area contributed by atoms with E-state index in [1.807, 2.05) is 19.2 Å². The Morgan fingerprint density at radius 2 is 2.32 bits per heavy atom. The summed E-state index contributed by atoms with van der Waals surface area (Å²) in [5.74, 6) is -0.0731. The Morgan fingerprint density at radius 1 is 1.58 bits per heavy atom. The van der Waals surface area contributed by atoms with Gasteiger partial charge in [-0.1, -0.05) is 24.7 Å². The molecule has 0 aliphatic carbocycles. The van der Waals surface area contributed by atoms with Crippen LogP contribution in [0.3, 0.4) is 0 Å². The minimum absolute atomic E-state index is 0.0243. The third-order valence-electron chi connectivity index (χ3n) is 2.92. The number of hydrogen-bond acceptors (Lipinski definition) is 4. The molecule has 1 atom stereocenters. The number of hydrogen-bond donors (Lipinski definition) is 2. The highest BCUT2D eigenvalue weighted by atomic mass is 32.1. The van der Waals surface area contributed by atoms with Gasteiger partial charge in [0.25, 0.3) is 0 Å². The molecule has 1 unspecified atom stereocenters. The number of aromatic nitrogens is 1. The van der Waals surface area contributed by atoms with E-state index in [4.69, 9.17) is 0 Å². The van der Waals surface area contributed by atoms with E-state index in [0.717, 1.165) is 12.1 Å². The van der Waals surface area contributed by atoms with Gasteiger partial charge in [-0.15, -0.1) is 0 Å². The minimum Gasteiger partial charge on any atom is -0.391 e. The second-order valence-corrected chi connectivity index (χ2v) is 5.47. The zero-order valence-electron chi connectivity index (χ0n) is 11.5. The Kier molecular flexibility index (Phi) is 6.80. The fourth-order valence-electron chi connectivity index (χ4n) is 1.83. The average Bonchev–Trinajstić information content (AvgIpc) is 2.68. The Bertz CT molecular complexity index is 453. The van der Waals surface area contributed by atoms with Crippen LogP contribution in [0.5, 0.6) is 0 Å². The minimum atomic E-state index is -0.462. The van der Waals surface area contributed by atoms with Crippen LogP contribution in [0.15, 0.2) is 10.2 Å². The number of amides is 1. The predicted molar refractivity (Wildman–Crippen MR) is 76.5 cm³/mol. The Balaban J connectivity index is 2.22. The van der Waals surface area contributed by atoms with Crippen LogP contribution in [0.2, 0.25) is 0 Å². The summed E-state index contributed by atoms with van der Waals surface area (Å²) in [6, 6.07) is 0. The fourth-order valence-corrected chi connectivity index (χ4v) is 2.59. The lowest BCUT2D eigenvalue weighted by Crippen LogP contribution is -2.32. The zero-order chi connectivity index (χ0) is 14.3. The lowest BCUT2D eigenvalue weighted by atomic mass is 10.2. The molecule has 108 valence electrons. The number of nitrogens with zero attached hydrogens (tertiary/aromatic N) is 1. The van der Waals surface area contributed by atoms with Crippen molar-refractivity contribution < 1.29 is 9.90 Å². The Labute approximate surface area is 117 Å². The molecule has 2 N–H and O–H groups in total. The maximum absolute atomic E-state index is 11.5. The van der Waals surface area contributed by atoms with Gasteiger partial charge in [0.15, 0.2) is 0 Å². The maximum Gasteiger partial charge on any atom is 0.307 e. The molecule has 0 bridgehead atoms. The second-order valence-electron chi connectivity index (χ2n) is 4.64. The molecule has 1 rings (SSSR count). The first-order valence-electron chi connectivity index (χ1n) is 6.64. The highest BCUT2D eigenvalue weighted by Gasteiger charge is 2.07. The number of nitrogens with one attached hydrogen (secondary N) is 1. The van der Waals surface area contributed by atoms with Crippen molar-refractivity contribution in [2.75, 3.05) is 6.54 Å². The van der Waals surface area contributed by atoms with Crippen LogP contribution >= 0.6 is 11.3 Å². The average molecular weight is 286 g/mol. The van der Waals surface area contributed by atoms with Crippen LogP contribution in [-0.4, -0.2) is 28.2 Å². The Morgan fingerprint density at radius 3 is 2.89 bits per heavy atom. The molecule has 0 aromatic carbocycles. The number of thiazole rings is 1. The largest absolute Gasteiger partial charge is 0.391 e. The van der Waals surface area contributed by atoms with E-state index in [1.165, 1.54) is 11.3 Å². The highest BCUT2D eigenvalue weighted by Crippen LogP contribution is 2.02. The SMILES string of the molecule is CCCC(O)CNC(=O)CCCn1c(C)csc1=O. The summed E-state index contributed by atoms with van der Waals surface area (Å²) in [4.78, 5) is 23.0. The van der Waals surface area contributed by atoms with Crippen LogP contribution in [0.25, 0.3) is 0 Å². The summed E-state index contributed by atoms with van der Waals surface area (Å²) >= 11 is 1.18. The van der Waals surface area contributed by atoms with Gasteiger partial charge >= 0.3 is 4.87 Å². The van der Waals surface area contributed by atoms with Crippen LogP contribution < -0.4 is 10.2 Å². The smallest absolute Gasteiger partial charge is 0.307 e. The molecular formula is C13H22N2O3S. The van der Waals surface area contributed by atoms with E-state index in [0.29, 0.717) is 32.4 Å². The van der Waals surface area contributed by atoms with E-state index in [2.05, 4.69) is 5.32 Å². The van der Waals surface area contributed by atoms with Crippen molar-refractivity contribution >= 4 is 17.2 Å². The molecule has 0 radical (unpaired) electrons. The topological polar surface area (TPSA) is 71.3 Å². The lowest BCUT2D eigenvalue weighted by Gasteiger charge is -2.10. The molecule has 1 amide bonds. The van der Waals surface area contributed by atoms with Crippen LogP contribution in [0.4, 0.5) is 0 Å². The molecule has 0 fully saturated rings. The van der Waals surface area contributed by atoms with Crippen LogP contribution in [-0.2, 0) is 11.3 Å². The van der Waals surface area contributed by atoms with Crippen molar-refractivity contribution in [3.05, 3.63) is 20.7 Å². The van der Waals surface area contributed by atoms with Crippen molar-refractivity contribution in [3.8, 4) is 0 Å². The van der Waals surface area contributed by atoms with Gasteiger partial charge in [0, 0.05) is 30.6 Å². The molecule has 1 heterocycles. The monoisotopic (exact) mass is 286 g/mol. The molecule has 5 nitrogen and oxygen atoms in total. The number of aliphatic hydroxyl groups is 1. The normalized spacial score (nSPS) is 12.4. The van der Waals surface area contributed by atoms with Crippen molar-refractivity contribution in [1.82, 2.24) is 9.88 Å². The van der Waals surface area contributed by atoms with Crippen LogP contribution in [0, 0.1) is 6.92 Å². The van der Waals surface area contributed by atoms with Gasteiger partial charge in [-0.3, -0.25) is 9.59 Å². The molecule has 0 saturated carbocycles. The Hall–Kier alpha value is -1.14. The van der Waals surface area contributed by atoms with Gasteiger partial charge in [-0.25, -0.2) is 0 Å². The molecule has 1 aromatic heterocycles. The number of rotatable bonds is 8. The summed E-state index contributed by atoms with van der Waals surface area (Å²) in [6.07, 6.45) is 2.14. The third kappa shape index (κ3) is 5.57. The highest BCUT2D eigenvalue weighted by molar-refractivity contribution is 7.07. The van der Waals surface area contributed by atoms with E-state index in [9.17, 15) is 14.7 Å². The molecule has 0 spiro atoms. The molecule has 0 aliphatic heterocycles. The molecule has 1 aromatic rings. The summed E-state index contributed by atoms with van der Waals surface area (Å²) < 4.78 is 1.68. The second kappa shape index (κ2) is 8.12. The molecule has 0 aliphatic rings. The standard InChI is InChI=1S/C13H22N2O3S/c1-3-5-11(16)8-14-12(17)6-4-7-15-10(2)9-19-13(15)18/h9,11,16H,3-8H2,1-2H3,(H,14,17). The molecule has 19 heavy (non-hydrogen) atoms. The van der Waals surface area contributed by atoms with E-state index in [1.54, 1.807) is 4.57 Å². The predicted octanol–water partition coefficient (Wildman–Crippen LogP) is 1.28. The fraction of sp³-hybridized carbons (Fsp3) is 0.692. The van der Waals surface area contributed by atoms with Crippen molar-refractivity contribution in [2.24, 2.45) is 0 Å². The van der Waals surface area contributed by atoms with Gasteiger partial charge in [-0.2, -0.15) is 0 Å². The molecule has 6 heteroatoms. The zero-order valence-corrected chi connectivity index (χ0v) is 12.3. The number of aryl methyl sites for hydroxylation is 1. The van der Waals surface area contributed by atoms with Gasteiger partial charge in [0.1, 0.15) is 0 Å². The van der Waals surface area contributed by atoms with Gasteiger partial charge < -0.3 is 15.0 Å². The number of carbonyl (C=O) groups excluding carboxylic acids is 1. The lowest BCUT2D eigenvalue weighted by molar-refractivity contribution is -0.121. The van der Waals surface area contributed by atoms with Crippen LogP contribution in [0.1, 0.15) is 38.3 Å². The number of aliphatic hydroxyl groups excluding tert-OH is 1. The summed E-state index contributed by atoms with van der Waals surface area (Å²) in [6.45, 7) is 4.76. The van der Waals surface area contributed by atoms with E-state index < -0.39 is 6.10 Å². The third-order valence-corrected chi connectivity index (χ3v) is 3.80. The molecular weight excluding hydrogens is 264 g/mol. The van der Waals surface area contributed by atoms with Gasteiger partial charge in [0.05, 0.1) is 6.10 Å². The molecule has 0 saturated heterocycles. The van der Waals surface area contributed by atoms with Crippen molar-refractivity contribution in [1.29, 1.82) is 0 Å². The number of carbonyl (C=O) groups is 1. The van der Waals surface area contributed by atoms with Gasteiger partial charge in [-0.05, 0) is 19.8 Å². The van der Waals surface area contributed by atoms with Gasteiger partial charge in [0.2, 0.25) is 5.91 Å². The summed E-state index contributed by atoms with van der Waals surface area (Å²) in [5, 5.41) is 14.0. The first-order chi connectivity index (χ1) is 9.04. The first kappa shape index (κ1) is 15.9. The summed E-state index contributed by atoms with van der Waals surface area (Å²) in [7, 11) is 0. The first-order valence-corrected chi connectivity index (χ1v) is 7.52. The quantitative estimate of drug-likeness (QED) is 0.756. The summed E-state index contributed by atoms with van der Waals surface area (Å²) in [5.41, 5.74) is 0.939. The van der Waals surface area contributed by atoms with Crippen molar-refractivity contribution in [2.45, 2.75) is 52.2 Å². The van der Waals surface area contributed by atoms with Crippen molar-refractivity contribution in [3.63, 3.8) is 0 Å². The van der Waals surface area contributed by atoms with E-state index in [-0.39, 0.29) is 10.8 Å². The van der Waals surface area contributed by atoms with E-state index >= 15 is 0 Å².